The normalized spacial score (nSPS) is 9.86. The van der Waals surface area contributed by atoms with E-state index in [0.29, 0.717) is 18.8 Å². The molecule has 0 aliphatic heterocycles. The van der Waals surface area contributed by atoms with Crippen LogP contribution in [-0.4, -0.2) is 16.3 Å². The maximum Gasteiger partial charge on any atom is 0.287 e. The number of rotatable bonds is 4. The minimum atomic E-state index is -0.275. The van der Waals surface area contributed by atoms with Gasteiger partial charge in [0.15, 0.2) is 0 Å². The van der Waals surface area contributed by atoms with Gasteiger partial charge in [-0.1, -0.05) is 17.7 Å². The molecule has 0 radical (unpaired) electrons. The standard InChI is InChI=1S/C9H12ClN3O/c1-3-5-11-7-6-12-13(4-2)9(14)8(7)10/h3,6,11H,1,4-5H2,2H3. The molecule has 0 fully saturated rings. The average Bonchev–Trinajstić information content (AvgIpc) is 2.20. The summed E-state index contributed by atoms with van der Waals surface area (Å²) in [5.74, 6) is 0. The van der Waals surface area contributed by atoms with E-state index >= 15 is 0 Å². The molecule has 1 rings (SSSR count). The van der Waals surface area contributed by atoms with Gasteiger partial charge < -0.3 is 5.32 Å². The third-order valence-electron chi connectivity index (χ3n) is 1.72. The minimum Gasteiger partial charge on any atom is -0.379 e. The van der Waals surface area contributed by atoms with Crippen molar-refractivity contribution in [2.75, 3.05) is 11.9 Å². The van der Waals surface area contributed by atoms with Gasteiger partial charge in [-0.25, -0.2) is 4.68 Å². The van der Waals surface area contributed by atoms with E-state index in [4.69, 9.17) is 11.6 Å². The summed E-state index contributed by atoms with van der Waals surface area (Å²) in [5, 5.41) is 7.03. The molecule has 14 heavy (non-hydrogen) atoms. The largest absolute Gasteiger partial charge is 0.379 e. The molecule has 0 atom stereocenters. The fourth-order valence-electron chi connectivity index (χ4n) is 0.996. The number of aromatic nitrogens is 2. The van der Waals surface area contributed by atoms with Crippen molar-refractivity contribution in [3.05, 3.63) is 34.2 Å². The van der Waals surface area contributed by atoms with Crippen molar-refractivity contribution in [3.8, 4) is 0 Å². The van der Waals surface area contributed by atoms with Gasteiger partial charge in [-0.05, 0) is 6.92 Å². The molecule has 0 aromatic carbocycles. The molecule has 0 aliphatic carbocycles. The van der Waals surface area contributed by atoms with Crippen LogP contribution in [0.15, 0.2) is 23.6 Å². The Morgan fingerprint density at radius 2 is 2.50 bits per heavy atom. The summed E-state index contributed by atoms with van der Waals surface area (Å²) in [6, 6.07) is 0. The third kappa shape index (κ3) is 2.14. The van der Waals surface area contributed by atoms with E-state index in [1.54, 1.807) is 6.08 Å². The van der Waals surface area contributed by atoms with Crippen LogP contribution in [-0.2, 0) is 6.54 Å². The third-order valence-corrected chi connectivity index (χ3v) is 2.09. The Hall–Kier alpha value is -1.29. The summed E-state index contributed by atoms with van der Waals surface area (Å²) in [6.45, 7) is 6.45. The Morgan fingerprint density at radius 3 is 3.07 bits per heavy atom. The first-order chi connectivity index (χ1) is 6.70. The average molecular weight is 214 g/mol. The Balaban J connectivity index is 3.04. The number of hydrogen-bond donors (Lipinski definition) is 1. The van der Waals surface area contributed by atoms with E-state index < -0.39 is 0 Å². The fourth-order valence-corrected chi connectivity index (χ4v) is 1.21. The summed E-state index contributed by atoms with van der Waals surface area (Å²) < 4.78 is 1.31. The van der Waals surface area contributed by atoms with Crippen LogP contribution >= 0.6 is 11.6 Å². The lowest BCUT2D eigenvalue weighted by molar-refractivity contribution is 0.616. The van der Waals surface area contributed by atoms with Crippen molar-refractivity contribution in [2.45, 2.75) is 13.5 Å². The summed E-state index contributed by atoms with van der Waals surface area (Å²) in [6.07, 6.45) is 3.22. The van der Waals surface area contributed by atoms with E-state index in [1.165, 1.54) is 10.9 Å². The summed E-state index contributed by atoms with van der Waals surface area (Å²) in [5.41, 5.74) is 0.268. The molecule has 76 valence electrons. The van der Waals surface area contributed by atoms with Crippen molar-refractivity contribution >= 4 is 17.3 Å². The Labute approximate surface area is 87.2 Å². The quantitative estimate of drug-likeness (QED) is 0.772. The Morgan fingerprint density at radius 1 is 1.79 bits per heavy atom. The topological polar surface area (TPSA) is 46.9 Å². The van der Waals surface area contributed by atoms with E-state index in [0.717, 1.165) is 0 Å². The summed E-state index contributed by atoms with van der Waals surface area (Å²) >= 11 is 5.84. The van der Waals surface area contributed by atoms with Gasteiger partial charge >= 0.3 is 0 Å². The molecule has 0 saturated carbocycles. The molecule has 4 nitrogen and oxygen atoms in total. The number of anilines is 1. The predicted molar refractivity (Wildman–Crippen MR) is 57.9 cm³/mol. The predicted octanol–water partition coefficient (Wildman–Crippen LogP) is 1.51. The molecule has 1 N–H and O–H groups in total. The second-order valence-corrected chi connectivity index (χ2v) is 3.04. The lowest BCUT2D eigenvalue weighted by Gasteiger charge is -2.06. The molecule has 0 saturated heterocycles. The van der Waals surface area contributed by atoms with Crippen LogP contribution in [0.5, 0.6) is 0 Å². The van der Waals surface area contributed by atoms with Gasteiger partial charge in [0.2, 0.25) is 0 Å². The molecular formula is C9H12ClN3O. The van der Waals surface area contributed by atoms with Crippen molar-refractivity contribution < 1.29 is 0 Å². The first kappa shape index (κ1) is 10.8. The van der Waals surface area contributed by atoms with Gasteiger partial charge in [0.1, 0.15) is 5.02 Å². The Bertz CT molecular complexity index is 386. The minimum absolute atomic E-state index is 0.170. The molecule has 1 aromatic heterocycles. The zero-order valence-electron chi connectivity index (χ0n) is 7.96. The van der Waals surface area contributed by atoms with Crippen LogP contribution in [0.1, 0.15) is 6.92 Å². The van der Waals surface area contributed by atoms with Crippen LogP contribution in [0, 0.1) is 0 Å². The molecule has 0 unspecified atom stereocenters. The van der Waals surface area contributed by atoms with Gasteiger partial charge in [0.05, 0.1) is 11.9 Å². The number of nitrogens with zero attached hydrogens (tertiary/aromatic N) is 2. The SMILES string of the molecule is C=CCNc1cnn(CC)c(=O)c1Cl. The molecule has 1 aromatic rings. The molecule has 5 heteroatoms. The number of aryl methyl sites for hydroxylation is 1. The second kappa shape index (κ2) is 4.81. The molecule has 0 bridgehead atoms. The van der Waals surface area contributed by atoms with Gasteiger partial charge in [-0.3, -0.25) is 4.79 Å². The lowest BCUT2D eigenvalue weighted by Crippen LogP contribution is -2.23. The zero-order chi connectivity index (χ0) is 10.6. The smallest absolute Gasteiger partial charge is 0.287 e. The van der Waals surface area contributed by atoms with Gasteiger partial charge in [0, 0.05) is 13.1 Å². The highest BCUT2D eigenvalue weighted by Crippen LogP contribution is 2.14. The molecule has 0 aliphatic rings. The molecular weight excluding hydrogens is 202 g/mol. The van der Waals surface area contributed by atoms with Crippen LogP contribution in [0.3, 0.4) is 0 Å². The van der Waals surface area contributed by atoms with Crippen molar-refractivity contribution in [2.24, 2.45) is 0 Å². The Kier molecular flexibility index (Phi) is 3.71. The van der Waals surface area contributed by atoms with E-state index in [-0.39, 0.29) is 10.6 Å². The lowest BCUT2D eigenvalue weighted by atomic mass is 10.4. The number of halogens is 1. The maximum absolute atomic E-state index is 11.5. The number of nitrogens with one attached hydrogen (secondary N) is 1. The highest BCUT2D eigenvalue weighted by molar-refractivity contribution is 6.32. The van der Waals surface area contributed by atoms with Gasteiger partial charge in [-0.2, -0.15) is 5.10 Å². The number of hydrogen-bond acceptors (Lipinski definition) is 3. The summed E-state index contributed by atoms with van der Waals surface area (Å²) in [4.78, 5) is 11.5. The monoisotopic (exact) mass is 213 g/mol. The van der Waals surface area contributed by atoms with Crippen LogP contribution < -0.4 is 10.9 Å². The first-order valence-corrected chi connectivity index (χ1v) is 4.68. The zero-order valence-corrected chi connectivity index (χ0v) is 8.71. The second-order valence-electron chi connectivity index (χ2n) is 2.66. The molecule has 0 spiro atoms. The fraction of sp³-hybridized carbons (Fsp3) is 0.333. The van der Waals surface area contributed by atoms with Crippen molar-refractivity contribution in [3.63, 3.8) is 0 Å². The van der Waals surface area contributed by atoms with Crippen molar-refractivity contribution in [1.29, 1.82) is 0 Å². The highest BCUT2D eigenvalue weighted by Gasteiger charge is 2.06. The van der Waals surface area contributed by atoms with Crippen LogP contribution in [0.25, 0.3) is 0 Å². The molecule has 1 heterocycles. The summed E-state index contributed by atoms with van der Waals surface area (Å²) in [7, 11) is 0. The highest BCUT2D eigenvalue weighted by atomic mass is 35.5. The molecule has 0 amide bonds. The maximum atomic E-state index is 11.5. The van der Waals surface area contributed by atoms with E-state index in [1.807, 2.05) is 6.92 Å². The van der Waals surface area contributed by atoms with Crippen LogP contribution in [0.4, 0.5) is 5.69 Å². The van der Waals surface area contributed by atoms with Gasteiger partial charge in [-0.15, -0.1) is 6.58 Å². The van der Waals surface area contributed by atoms with Gasteiger partial charge in [0.25, 0.3) is 5.56 Å². The van der Waals surface area contributed by atoms with E-state index in [2.05, 4.69) is 17.0 Å². The van der Waals surface area contributed by atoms with Crippen LogP contribution in [0.2, 0.25) is 5.02 Å². The van der Waals surface area contributed by atoms with E-state index in [9.17, 15) is 4.79 Å². The van der Waals surface area contributed by atoms with Crippen molar-refractivity contribution in [1.82, 2.24) is 9.78 Å². The first-order valence-electron chi connectivity index (χ1n) is 4.31.